The molecule has 2 aromatic rings. The van der Waals surface area contributed by atoms with Crippen LogP contribution in [-0.2, 0) is 10.2 Å². The lowest BCUT2D eigenvalue weighted by Crippen LogP contribution is -2.46. The molecule has 1 aliphatic carbocycles. The van der Waals surface area contributed by atoms with Gasteiger partial charge in [0.2, 0.25) is 5.91 Å². The Bertz CT molecular complexity index is 783. The molecule has 0 aliphatic heterocycles. The second-order valence-electron chi connectivity index (χ2n) is 6.34. The third-order valence-electron chi connectivity index (χ3n) is 4.76. The number of carbonyl (C=O) groups excluding carboxylic acids is 2. The summed E-state index contributed by atoms with van der Waals surface area (Å²) >= 11 is 0. The summed E-state index contributed by atoms with van der Waals surface area (Å²) in [5.41, 5.74) is 1.30. The normalized spacial score (nSPS) is 15.1. The zero-order valence-corrected chi connectivity index (χ0v) is 14.1. The Morgan fingerprint density at radius 3 is 2.44 bits per heavy atom. The van der Waals surface area contributed by atoms with E-state index in [9.17, 15) is 14.0 Å². The zero-order chi connectivity index (χ0) is 17.9. The first-order valence-corrected chi connectivity index (χ1v) is 8.51. The van der Waals surface area contributed by atoms with Crippen molar-refractivity contribution in [2.24, 2.45) is 0 Å². The van der Waals surface area contributed by atoms with Crippen molar-refractivity contribution in [1.82, 2.24) is 5.32 Å². The van der Waals surface area contributed by atoms with E-state index >= 15 is 0 Å². The van der Waals surface area contributed by atoms with Gasteiger partial charge in [-0.1, -0.05) is 24.6 Å². The Morgan fingerprint density at radius 2 is 1.84 bits per heavy atom. The average Bonchev–Trinajstić information content (AvgIpc) is 2.56. The molecule has 0 spiro atoms. The molecule has 5 heteroatoms. The lowest BCUT2D eigenvalue weighted by Gasteiger charge is -2.40. The van der Waals surface area contributed by atoms with Crippen LogP contribution < -0.4 is 10.6 Å². The van der Waals surface area contributed by atoms with Crippen molar-refractivity contribution in [2.75, 3.05) is 11.9 Å². The zero-order valence-electron chi connectivity index (χ0n) is 14.1. The molecule has 4 nitrogen and oxygen atoms in total. The van der Waals surface area contributed by atoms with Crippen LogP contribution in [0.15, 0.2) is 48.5 Å². The Kier molecular flexibility index (Phi) is 4.83. The van der Waals surface area contributed by atoms with Gasteiger partial charge in [-0.25, -0.2) is 4.39 Å². The van der Waals surface area contributed by atoms with Crippen molar-refractivity contribution >= 4 is 17.5 Å². The second kappa shape index (κ2) is 7.05. The molecule has 0 aromatic heterocycles. The van der Waals surface area contributed by atoms with Crippen LogP contribution in [0.5, 0.6) is 0 Å². The molecule has 0 saturated heterocycles. The number of hydrogen-bond acceptors (Lipinski definition) is 2. The summed E-state index contributed by atoms with van der Waals surface area (Å²) < 4.78 is 13.2. The highest BCUT2D eigenvalue weighted by molar-refractivity contribution is 6.01. The fraction of sp³-hybridized carbons (Fsp3) is 0.300. The van der Waals surface area contributed by atoms with Crippen LogP contribution in [0.4, 0.5) is 10.1 Å². The highest BCUT2D eigenvalue weighted by Crippen LogP contribution is 2.44. The van der Waals surface area contributed by atoms with Crippen molar-refractivity contribution < 1.29 is 14.0 Å². The van der Waals surface area contributed by atoms with E-state index in [1.54, 1.807) is 36.4 Å². The van der Waals surface area contributed by atoms with E-state index in [1.807, 2.05) is 6.92 Å². The lowest BCUT2D eigenvalue weighted by atomic mass is 9.64. The molecule has 1 fully saturated rings. The number of nitrogens with one attached hydrogen (secondary N) is 2. The van der Waals surface area contributed by atoms with E-state index in [0.717, 1.165) is 24.8 Å². The fourth-order valence-corrected chi connectivity index (χ4v) is 3.20. The van der Waals surface area contributed by atoms with Crippen LogP contribution in [0.2, 0.25) is 0 Å². The van der Waals surface area contributed by atoms with Gasteiger partial charge in [-0.2, -0.15) is 0 Å². The number of hydrogen-bond donors (Lipinski definition) is 2. The Morgan fingerprint density at radius 1 is 1.12 bits per heavy atom. The van der Waals surface area contributed by atoms with Gasteiger partial charge in [0.1, 0.15) is 5.82 Å². The molecule has 2 amide bonds. The highest BCUT2D eigenvalue weighted by atomic mass is 19.1. The molecule has 130 valence electrons. The number of anilines is 1. The average molecular weight is 340 g/mol. The number of benzene rings is 2. The molecule has 2 aromatic carbocycles. The summed E-state index contributed by atoms with van der Waals surface area (Å²) in [6.07, 6.45) is 2.44. The van der Waals surface area contributed by atoms with Crippen LogP contribution >= 0.6 is 0 Å². The summed E-state index contributed by atoms with van der Waals surface area (Å²) in [5, 5.41) is 5.66. The number of carbonyl (C=O) groups is 2. The van der Waals surface area contributed by atoms with Crippen LogP contribution in [-0.4, -0.2) is 18.4 Å². The van der Waals surface area contributed by atoms with Gasteiger partial charge >= 0.3 is 0 Å². The first-order chi connectivity index (χ1) is 12.0. The van der Waals surface area contributed by atoms with E-state index in [-0.39, 0.29) is 17.6 Å². The van der Waals surface area contributed by atoms with Gasteiger partial charge in [-0.3, -0.25) is 9.59 Å². The van der Waals surface area contributed by atoms with Crippen molar-refractivity contribution in [1.29, 1.82) is 0 Å². The highest BCUT2D eigenvalue weighted by Gasteiger charge is 2.45. The van der Waals surface area contributed by atoms with Crippen molar-refractivity contribution in [3.8, 4) is 0 Å². The molecule has 0 bridgehead atoms. The number of amides is 2. The Balaban J connectivity index is 1.80. The second-order valence-corrected chi connectivity index (χ2v) is 6.34. The molecule has 2 N–H and O–H groups in total. The summed E-state index contributed by atoms with van der Waals surface area (Å²) in [6.45, 7) is 2.40. The maximum Gasteiger partial charge on any atom is 0.251 e. The van der Waals surface area contributed by atoms with Crippen LogP contribution in [0.25, 0.3) is 0 Å². The van der Waals surface area contributed by atoms with Gasteiger partial charge in [0.05, 0.1) is 5.41 Å². The smallest absolute Gasteiger partial charge is 0.251 e. The minimum Gasteiger partial charge on any atom is -0.352 e. The predicted molar refractivity (Wildman–Crippen MR) is 95.0 cm³/mol. The molecular weight excluding hydrogens is 319 g/mol. The maximum atomic E-state index is 13.2. The molecule has 0 radical (unpaired) electrons. The third kappa shape index (κ3) is 3.40. The van der Waals surface area contributed by atoms with Crippen LogP contribution in [0.1, 0.15) is 42.1 Å². The van der Waals surface area contributed by atoms with Gasteiger partial charge in [0.25, 0.3) is 5.91 Å². The van der Waals surface area contributed by atoms with E-state index in [4.69, 9.17) is 0 Å². The first-order valence-electron chi connectivity index (χ1n) is 8.51. The van der Waals surface area contributed by atoms with E-state index in [1.165, 1.54) is 12.1 Å². The van der Waals surface area contributed by atoms with Crippen molar-refractivity contribution in [2.45, 2.75) is 31.6 Å². The topological polar surface area (TPSA) is 58.2 Å². The monoisotopic (exact) mass is 340 g/mol. The van der Waals surface area contributed by atoms with Crippen molar-refractivity contribution in [3.63, 3.8) is 0 Å². The molecule has 0 unspecified atom stereocenters. The molecule has 0 heterocycles. The molecule has 0 atom stereocenters. The van der Waals surface area contributed by atoms with E-state index in [2.05, 4.69) is 10.6 Å². The van der Waals surface area contributed by atoms with E-state index in [0.29, 0.717) is 17.8 Å². The molecular formula is C20H21FN2O2. The molecule has 3 rings (SSSR count). The molecule has 25 heavy (non-hydrogen) atoms. The van der Waals surface area contributed by atoms with Gasteiger partial charge in [-0.15, -0.1) is 0 Å². The fourth-order valence-electron chi connectivity index (χ4n) is 3.20. The number of rotatable bonds is 5. The summed E-state index contributed by atoms with van der Waals surface area (Å²) in [6, 6.07) is 13.0. The lowest BCUT2D eigenvalue weighted by molar-refractivity contribution is -0.124. The van der Waals surface area contributed by atoms with Crippen LogP contribution in [0.3, 0.4) is 0 Å². The largest absolute Gasteiger partial charge is 0.352 e. The van der Waals surface area contributed by atoms with Gasteiger partial charge in [0.15, 0.2) is 0 Å². The van der Waals surface area contributed by atoms with Gasteiger partial charge in [0, 0.05) is 17.8 Å². The standard InChI is InChI=1S/C20H21FN2O2/c1-2-22-18(24)14-5-3-6-17(13-14)23-19(25)20(11-4-12-20)15-7-9-16(21)10-8-15/h3,5-10,13H,2,4,11-12H2,1H3,(H,22,24)(H,23,25). The quantitative estimate of drug-likeness (QED) is 0.873. The number of halogens is 1. The predicted octanol–water partition coefficient (Wildman–Crippen LogP) is 3.64. The van der Waals surface area contributed by atoms with Crippen LogP contribution in [0, 0.1) is 5.82 Å². The van der Waals surface area contributed by atoms with Gasteiger partial charge in [-0.05, 0) is 55.7 Å². The third-order valence-corrected chi connectivity index (χ3v) is 4.76. The minimum absolute atomic E-state index is 0.113. The molecule has 1 aliphatic rings. The summed E-state index contributed by atoms with van der Waals surface area (Å²) in [7, 11) is 0. The van der Waals surface area contributed by atoms with Crippen molar-refractivity contribution in [3.05, 3.63) is 65.5 Å². The first kappa shape index (κ1) is 17.1. The molecule has 1 saturated carbocycles. The SMILES string of the molecule is CCNC(=O)c1cccc(NC(=O)C2(c3ccc(F)cc3)CCC2)c1. The van der Waals surface area contributed by atoms with Gasteiger partial charge < -0.3 is 10.6 Å². The minimum atomic E-state index is -0.616. The summed E-state index contributed by atoms with van der Waals surface area (Å²) in [4.78, 5) is 24.8. The Labute approximate surface area is 146 Å². The summed E-state index contributed by atoms with van der Waals surface area (Å²) in [5.74, 6) is -0.595. The Hall–Kier alpha value is -2.69. The van der Waals surface area contributed by atoms with E-state index < -0.39 is 5.41 Å². The maximum absolute atomic E-state index is 13.2.